The van der Waals surface area contributed by atoms with Crippen LogP contribution in [0.2, 0.25) is 10.0 Å². The number of carbonyl (C=O) groups is 1. The molecule has 0 saturated heterocycles. The smallest absolute Gasteiger partial charge is 0.238 e. The summed E-state index contributed by atoms with van der Waals surface area (Å²) in [7, 11) is 1.88. The van der Waals surface area contributed by atoms with E-state index in [2.05, 4.69) is 15.4 Å². The Bertz CT molecular complexity index is 881. The van der Waals surface area contributed by atoms with Crippen molar-refractivity contribution in [3.63, 3.8) is 0 Å². The maximum absolute atomic E-state index is 12.4. The number of hydrogen-bond donors (Lipinski definition) is 1. The molecule has 1 amide bonds. The molecule has 0 unspecified atom stereocenters. The number of nitrogens with one attached hydrogen (secondary N) is 1. The molecule has 8 heteroatoms. The van der Waals surface area contributed by atoms with E-state index in [4.69, 9.17) is 23.2 Å². The Hall–Kier alpha value is -2.41. The van der Waals surface area contributed by atoms with Gasteiger partial charge >= 0.3 is 0 Å². The first-order valence-corrected chi connectivity index (χ1v) is 8.64. The Labute approximate surface area is 161 Å². The van der Waals surface area contributed by atoms with Gasteiger partial charge in [0.25, 0.3) is 0 Å². The summed E-state index contributed by atoms with van der Waals surface area (Å²) in [6.45, 7) is 0.863. The van der Waals surface area contributed by atoms with Crippen molar-refractivity contribution in [3.05, 3.63) is 70.7 Å². The zero-order valence-electron chi connectivity index (χ0n) is 14.1. The Morgan fingerprint density at radius 2 is 1.88 bits per heavy atom. The average Bonchev–Trinajstić information content (AvgIpc) is 3.11. The Morgan fingerprint density at radius 3 is 2.58 bits per heavy atom. The molecule has 1 N–H and O–H groups in total. The number of amides is 1. The Balaban J connectivity index is 1.66. The fourth-order valence-electron chi connectivity index (χ4n) is 2.53. The normalized spacial score (nSPS) is 10.9. The number of benzene rings is 2. The fraction of sp³-hybridized carbons (Fsp3) is 0.167. The summed E-state index contributed by atoms with van der Waals surface area (Å²) in [5, 5.41) is 8.21. The highest BCUT2D eigenvalue weighted by Crippen LogP contribution is 2.24. The molecule has 0 fully saturated rings. The minimum Gasteiger partial charge on any atom is -0.323 e. The van der Waals surface area contributed by atoms with E-state index >= 15 is 0 Å². The summed E-state index contributed by atoms with van der Waals surface area (Å²) in [5.74, 6) is -0.148. The van der Waals surface area contributed by atoms with Crippen LogP contribution in [0.3, 0.4) is 0 Å². The van der Waals surface area contributed by atoms with Gasteiger partial charge in [-0.15, -0.1) is 0 Å². The fourth-order valence-corrected chi connectivity index (χ4v) is 2.83. The molecule has 6 nitrogen and oxygen atoms in total. The van der Waals surface area contributed by atoms with Crippen LogP contribution in [0.1, 0.15) is 5.56 Å². The SMILES string of the molecule is CN(CC(=O)Nc1cc(Cl)ccc1-n1cncn1)Cc1ccc(Cl)cc1. The van der Waals surface area contributed by atoms with Gasteiger partial charge in [0.15, 0.2) is 0 Å². The number of anilines is 1. The number of hydrogen-bond acceptors (Lipinski definition) is 4. The van der Waals surface area contributed by atoms with Crippen molar-refractivity contribution in [2.75, 3.05) is 18.9 Å². The highest BCUT2D eigenvalue weighted by molar-refractivity contribution is 6.31. The minimum atomic E-state index is -0.148. The number of rotatable bonds is 6. The van der Waals surface area contributed by atoms with E-state index in [1.165, 1.54) is 6.33 Å². The van der Waals surface area contributed by atoms with Crippen LogP contribution in [0.5, 0.6) is 0 Å². The third-order valence-electron chi connectivity index (χ3n) is 3.68. The highest BCUT2D eigenvalue weighted by atomic mass is 35.5. The molecule has 0 aliphatic carbocycles. The van der Waals surface area contributed by atoms with Gasteiger partial charge in [-0.05, 0) is 42.9 Å². The zero-order valence-corrected chi connectivity index (χ0v) is 15.6. The van der Waals surface area contributed by atoms with E-state index in [0.717, 1.165) is 5.56 Å². The molecule has 0 radical (unpaired) electrons. The number of carbonyl (C=O) groups excluding carboxylic acids is 1. The topological polar surface area (TPSA) is 63.1 Å². The van der Waals surface area contributed by atoms with Crippen LogP contribution in [-0.2, 0) is 11.3 Å². The molecule has 0 bridgehead atoms. The maximum atomic E-state index is 12.4. The van der Waals surface area contributed by atoms with Gasteiger partial charge in [-0.25, -0.2) is 9.67 Å². The monoisotopic (exact) mass is 389 g/mol. The standard InChI is InChI=1S/C18H17Cl2N5O/c1-24(9-13-2-4-14(19)5-3-13)10-18(26)23-16-8-15(20)6-7-17(16)25-12-21-11-22-25/h2-8,11-12H,9-10H2,1H3,(H,23,26). The third-order valence-corrected chi connectivity index (χ3v) is 4.16. The van der Waals surface area contributed by atoms with Crippen molar-refractivity contribution < 1.29 is 4.79 Å². The molecule has 3 rings (SSSR count). The lowest BCUT2D eigenvalue weighted by Gasteiger charge is -2.17. The van der Waals surface area contributed by atoms with Crippen molar-refractivity contribution in [3.8, 4) is 5.69 Å². The molecule has 0 aliphatic rings. The second-order valence-corrected chi connectivity index (χ2v) is 6.72. The predicted octanol–water partition coefficient (Wildman–Crippen LogP) is 3.64. The number of aromatic nitrogens is 3. The van der Waals surface area contributed by atoms with Gasteiger partial charge in [-0.3, -0.25) is 9.69 Å². The summed E-state index contributed by atoms with van der Waals surface area (Å²) in [5.41, 5.74) is 2.35. The first-order valence-electron chi connectivity index (χ1n) is 7.88. The molecular formula is C18H17Cl2N5O. The van der Waals surface area contributed by atoms with Crippen LogP contribution in [0.25, 0.3) is 5.69 Å². The quantitative estimate of drug-likeness (QED) is 0.698. The maximum Gasteiger partial charge on any atom is 0.238 e. The lowest BCUT2D eigenvalue weighted by atomic mass is 10.2. The number of likely N-dealkylation sites (N-methyl/N-ethyl adjacent to an activating group) is 1. The van der Waals surface area contributed by atoms with Crippen LogP contribution in [0.4, 0.5) is 5.69 Å². The van der Waals surface area contributed by atoms with E-state index in [1.807, 2.05) is 36.2 Å². The molecule has 1 aromatic heterocycles. The average molecular weight is 390 g/mol. The van der Waals surface area contributed by atoms with Crippen molar-refractivity contribution >= 4 is 34.8 Å². The number of nitrogens with zero attached hydrogens (tertiary/aromatic N) is 4. The van der Waals surface area contributed by atoms with Crippen molar-refractivity contribution in [1.82, 2.24) is 19.7 Å². The molecular weight excluding hydrogens is 373 g/mol. The van der Waals surface area contributed by atoms with Crippen molar-refractivity contribution in [2.24, 2.45) is 0 Å². The van der Waals surface area contributed by atoms with Gasteiger partial charge in [0, 0.05) is 16.6 Å². The summed E-state index contributed by atoms with van der Waals surface area (Å²) in [4.78, 5) is 18.3. The first-order chi connectivity index (χ1) is 12.5. The van der Waals surface area contributed by atoms with Gasteiger partial charge in [-0.2, -0.15) is 5.10 Å². The van der Waals surface area contributed by atoms with E-state index in [0.29, 0.717) is 28.0 Å². The van der Waals surface area contributed by atoms with Gasteiger partial charge < -0.3 is 5.32 Å². The Kier molecular flexibility index (Phi) is 5.88. The molecule has 0 saturated carbocycles. The van der Waals surface area contributed by atoms with Crippen molar-refractivity contribution in [1.29, 1.82) is 0 Å². The summed E-state index contributed by atoms with van der Waals surface area (Å²) in [6.07, 6.45) is 2.99. The van der Waals surface area contributed by atoms with Gasteiger partial charge in [0.1, 0.15) is 12.7 Å². The first kappa shape index (κ1) is 18.4. The molecule has 3 aromatic rings. The van der Waals surface area contributed by atoms with E-state index in [9.17, 15) is 4.79 Å². The molecule has 0 spiro atoms. The second-order valence-electron chi connectivity index (χ2n) is 5.85. The van der Waals surface area contributed by atoms with Crippen LogP contribution in [-0.4, -0.2) is 39.2 Å². The van der Waals surface area contributed by atoms with Crippen LogP contribution >= 0.6 is 23.2 Å². The van der Waals surface area contributed by atoms with Crippen LogP contribution < -0.4 is 5.32 Å². The lowest BCUT2D eigenvalue weighted by Crippen LogP contribution is -2.30. The Morgan fingerprint density at radius 1 is 1.15 bits per heavy atom. The molecule has 1 heterocycles. The van der Waals surface area contributed by atoms with E-state index in [-0.39, 0.29) is 12.5 Å². The summed E-state index contributed by atoms with van der Waals surface area (Å²) in [6, 6.07) is 12.8. The van der Waals surface area contributed by atoms with Gasteiger partial charge in [0.05, 0.1) is 17.9 Å². The van der Waals surface area contributed by atoms with Gasteiger partial charge in [0.2, 0.25) is 5.91 Å². The second kappa shape index (κ2) is 8.31. The van der Waals surface area contributed by atoms with E-state index in [1.54, 1.807) is 29.2 Å². The summed E-state index contributed by atoms with van der Waals surface area (Å²) < 4.78 is 1.57. The van der Waals surface area contributed by atoms with Crippen LogP contribution in [0, 0.1) is 0 Å². The zero-order chi connectivity index (χ0) is 18.5. The molecule has 0 atom stereocenters. The van der Waals surface area contributed by atoms with Crippen molar-refractivity contribution in [2.45, 2.75) is 6.54 Å². The number of halogens is 2. The lowest BCUT2D eigenvalue weighted by molar-refractivity contribution is -0.117. The summed E-state index contributed by atoms with van der Waals surface area (Å²) >= 11 is 12.0. The predicted molar refractivity (Wildman–Crippen MR) is 103 cm³/mol. The molecule has 2 aromatic carbocycles. The highest BCUT2D eigenvalue weighted by Gasteiger charge is 2.12. The third kappa shape index (κ3) is 4.82. The molecule has 0 aliphatic heterocycles. The largest absolute Gasteiger partial charge is 0.323 e. The van der Waals surface area contributed by atoms with Gasteiger partial charge in [-0.1, -0.05) is 35.3 Å². The van der Waals surface area contributed by atoms with E-state index < -0.39 is 0 Å². The molecule has 26 heavy (non-hydrogen) atoms. The molecule has 134 valence electrons. The van der Waals surface area contributed by atoms with Crippen LogP contribution in [0.15, 0.2) is 55.1 Å². The minimum absolute atomic E-state index is 0.148.